The molecule has 3 heterocycles. The van der Waals surface area contributed by atoms with Crippen LogP contribution in [-0.4, -0.2) is 25.0 Å². The molecule has 4 aromatic rings. The number of aryl methyl sites for hydroxylation is 2. The van der Waals surface area contributed by atoms with Crippen LogP contribution in [0.3, 0.4) is 0 Å². The summed E-state index contributed by atoms with van der Waals surface area (Å²) in [5.41, 5.74) is 5.04. The predicted octanol–water partition coefficient (Wildman–Crippen LogP) is 2.99. The van der Waals surface area contributed by atoms with Gasteiger partial charge in [-0.05, 0) is 37.3 Å². The number of hydrogen-bond donors (Lipinski definition) is 0. The van der Waals surface area contributed by atoms with E-state index in [4.69, 9.17) is 4.42 Å². The van der Waals surface area contributed by atoms with E-state index in [2.05, 4.69) is 20.2 Å². The van der Waals surface area contributed by atoms with Crippen LogP contribution in [0.25, 0.3) is 33.7 Å². The molecular weight excluding hydrogens is 278 g/mol. The highest BCUT2D eigenvalue weighted by Gasteiger charge is 2.15. The molecule has 0 unspecified atom stereocenters. The molecule has 0 saturated heterocycles. The van der Waals surface area contributed by atoms with Crippen molar-refractivity contribution in [1.82, 2.24) is 25.0 Å². The van der Waals surface area contributed by atoms with Crippen LogP contribution in [0.1, 0.15) is 5.69 Å². The topological polar surface area (TPSA) is 69.6 Å². The second kappa shape index (κ2) is 4.77. The molecule has 6 heteroatoms. The fourth-order valence-corrected chi connectivity index (χ4v) is 2.47. The molecule has 0 bridgehead atoms. The van der Waals surface area contributed by atoms with E-state index in [0.29, 0.717) is 5.76 Å². The molecule has 108 valence electrons. The highest BCUT2D eigenvalue weighted by atomic mass is 16.3. The molecule has 0 radical (unpaired) electrons. The molecule has 1 aromatic carbocycles. The van der Waals surface area contributed by atoms with Crippen LogP contribution < -0.4 is 0 Å². The number of pyridine rings is 1. The van der Waals surface area contributed by atoms with E-state index in [9.17, 15) is 0 Å². The fraction of sp³-hybridized carbons (Fsp3) is 0.125. The summed E-state index contributed by atoms with van der Waals surface area (Å²) in [6.07, 6.45) is 1.44. The first-order chi connectivity index (χ1) is 10.7. The average Bonchev–Trinajstić information content (AvgIpc) is 3.11. The maximum Gasteiger partial charge on any atom is 0.182 e. The standard InChI is InChI=1S/C16H13N5O/c1-10-4-3-5-13(18-10)15-16(22-9-17-15)11-6-7-12-14(8-11)20-21(2)19-12/h3-9H,1-2H3. The number of nitrogens with zero attached hydrogens (tertiary/aromatic N) is 5. The van der Waals surface area contributed by atoms with Gasteiger partial charge in [0.15, 0.2) is 12.2 Å². The second-order valence-corrected chi connectivity index (χ2v) is 5.09. The van der Waals surface area contributed by atoms with Gasteiger partial charge >= 0.3 is 0 Å². The molecule has 0 saturated carbocycles. The van der Waals surface area contributed by atoms with E-state index in [1.807, 2.05) is 43.3 Å². The Morgan fingerprint density at radius 2 is 1.91 bits per heavy atom. The molecule has 0 atom stereocenters. The molecule has 22 heavy (non-hydrogen) atoms. The van der Waals surface area contributed by atoms with Crippen molar-refractivity contribution in [3.05, 3.63) is 48.5 Å². The lowest BCUT2D eigenvalue weighted by Crippen LogP contribution is -1.90. The SMILES string of the molecule is Cc1cccc(-c2ncoc2-c2ccc3nn(C)nc3c2)n1. The minimum atomic E-state index is 0.686. The van der Waals surface area contributed by atoms with Gasteiger partial charge in [0.05, 0.1) is 5.69 Å². The highest BCUT2D eigenvalue weighted by Crippen LogP contribution is 2.31. The lowest BCUT2D eigenvalue weighted by molar-refractivity contribution is 0.572. The number of oxazole rings is 1. The third kappa shape index (κ3) is 2.05. The number of rotatable bonds is 2. The second-order valence-electron chi connectivity index (χ2n) is 5.09. The third-order valence-corrected chi connectivity index (χ3v) is 3.44. The summed E-state index contributed by atoms with van der Waals surface area (Å²) >= 11 is 0. The van der Waals surface area contributed by atoms with Gasteiger partial charge in [-0.2, -0.15) is 15.0 Å². The van der Waals surface area contributed by atoms with Crippen molar-refractivity contribution in [3.63, 3.8) is 0 Å². The largest absolute Gasteiger partial charge is 0.443 e. The molecule has 0 N–H and O–H groups in total. The van der Waals surface area contributed by atoms with E-state index in [0.717, 1.165) is 33.7 Å². The zero-order chi connectivity index (χ0) is 15.1. The Kier molecular flexibility index (Phi) is 2.75. The Balaban J connectivity index is 1.87. The van der Waals surface area contributed by atoms with E-state index in [1.165, 1.54) is 6.39 Å². The van der Waals surface area contributed by atoms with Crippen molar-refractivity contribution in [2.45, 2.75) is 6.92 Å². The summed E-state index contributed by atoms with van der Waals surface area (Å²) in [6, 6.07) is 11.7. The first-order valence-corrected chi connectivity index (χ1v) is 6.90. The summed E-state index contributed by atoms with van der Waals surface area (Å²) in [5, 5.41) is 8.60. The summed E-state index contributed by atoms with van der Waals surface area (Å²) in [7, 11) is 1.80. The number of aromatic nitrogens is 5. The molecule has 6 nitrogen and oxygen atoms in total. The molecule has 0 spiro atoms. The van der Waals surface area contributed by atoms with Crippen molar-refractivity contribution < 1.29 is 4.42 Å². The van der Waals surface area contributed by atoms with Crippen LogP contribution in [0.4, 0.5) is 0 Å². The van der Waals surface area contributed by atoms with Crippen LogP contribution in [-0.2, 0) is 7.05 Å². The third-order valence-electron chi connectivity index (χ3n) is 3.44. The zero-order valence-electron chi connectivity index (χ0n) is 12.2. The summed E-state index contributed by atoms with van der Waals surface area (Å²) in [6.45, 7) is 1.95. The molecule has 0 aliphatic rings. The Labute approximate surface area is 126 Å². The van der Waals surface area contributed by atoms with E-state index in [1.54, 1.807) is 11.8 Å². The molecule has 0 amide bonds. The fourth-order valence-electron chi connectivity index (χ4n) is 2.47. The van der Waals surface area contributed by atoms with E-state index in [-0.39, 0.29) is 0 Å². The lowest BCUT2D eigenvalue weighted by Gasteiger charge is -2.02. The van der Waals surface area contributed by atoms with E-state index < -0.39 is 0 Å². The Bertz CT molecular complexity index is 970. The Hall–Kier alpha value is -3.02. The molecular formula is C16H13N5O. The van der Waals surface area contributed by atoms with E-state index >= 15 is 0 Å². The minimum absolute atomic E-state index is 0.686. The first kappa shape index (κ1) is 12.7. The summed E-state index contributed by atoms with van der Waals surface area (Å²) in [4.78, 5) is 10.4. The highest BCUT2D eigenvalue weighted by molar-refractivity contribution is 5.83. The van der Waals surface area contributed by atoms with Gasteiger partial charge < -0.3 is 4.42 Å². The maximum atomic E-state index is 5.59. The van der Waals surface area contributed by atoms with Crippen LogP contribution in [0.15, 0.2) is 47.2 Å². The van der Waals surface area contributed by atoms with Crippen molar-refractivity contribution in [2.24, 2.45) is 7.05 Å². The smallest absolute Gasteiger partial charge is 0.182 e. The van der Waals surface area contributed by atoms with Crippen LogP contribution in [0.5, 0.6) is 0 Å². The van der Waals surface area contributed by atoms with Crippen molar-refractivity contribution in [1.29, 1.82) is 0 Å². The molecule has 0 aliphatic carbocycles. The summed E-state index contributed by atoms with van der Waals surface area (Å²) in [5.74, 6) is 0.686. The molecule has 0 aliphatic heterocycles. The predicted molar refractivity (Wildman–Crippen MR) is 82.0 cm³/mol. The van der Waals surface area contributed by atoms with Gasteiger partial charge in [0, 0.05) is 18.3 Å². The van der Waals surface area contributed by atoms with Crippen LogP contribution in [0, 0.1) is 6.92 Å². The van der Waals surface area contributed by atoms with Crippen molar-refractivity contribution >= 4 is 11.0 Å². The van der Waals surface area contributed by atoms with Gasteiger partial charge in [-0.25, -0.2) is 4.98 Å². The van der Waals surface area contributed by atoms with Gasteiger partial charge in [0.25, 0.3) is 0 Å². The summed E-state index contributed by atoms with van der Waals surface area (Å²) < 4.78 is 5.59. The van der Waals surface area contributed by atoms with Gasteiger partial charge in [-0.3, -0.25) is 4.98 Å². The maximum absolute atomic E-state index is 5.59. The average molecular weight is 291 g/mol. The molecule has 4 rings (SSSR count). The van der Waals surface area contributed by atoms with Gasteiger partial charge in [0.2, 0.25) is 0 Å². The number of fused-ring (bicyclic) bond motifs is 1. The van der Waals surface area contributed by atoms with Gasteiger partial charge in [0.1, 0.15) is 16.7 Å². The van der Waals surface area contributed by atoms with Gasteiger partial charge in [-0.15, -0.1) is 0 Å². The number of benzene rings is 1. The van der Waals surface area contributed by atoms with Crippen molar-refractivity contribution in [2.75, 3.05) is 0 Å². The molecule has 3 aromatic heterocycles. The minimum Gasteiger partial charge on any atom is -0.443 e. The zero-order valence-corrected chi connectivity index (χ0v) is 12.2. The first-order valence-electron chi connectivity index (χ1n) is 6.90. The van der Waals surface area contributed by atoms with Crippen LogP contribution in [0.2, 0.25) is 0 Å². The normalized spacial score (nSPS) is 11.2. The quantitative estimate of drug-likeness (QED) is 0.568. The monoisotopic (exact) mass is 291 g/mol. The number of hydrogen-bond acceptors (Lipinski definition) is 5. The van der Waals surface area contributed by atoms with Crippen LogP contribution >= 0.6 is 0 Å². The Morgan fingerprint density at radius 1 is 1.05 bits per heavy atom. The lowest BCUT2D eigenvalue weighted by atomic mass is 10.1. The molecule has 0 fully saturated rings. The van der Waals surface area contributed by atoms with Gasteiger partial charge in [-0.1, -0.05) is 6.07 Å². The van der Waals surface area contributed by atoms with Crippen molar-refractivity contribution in [3.8, 4) is 22.7 Å². The Morgan fingerprint density at radius 3 is 2.77 bits per heavy atom.